The van der Waals surface area contributed by atoms with Gasteiger partial charge in [-0.25, -0.2) is 9.48 Å². The Balaban J connectivity index is 1.82. The Hall–Kier alpha value is -2.80. The number of Topliss-reactive ketones (excluding diaryl/α,β-unsaturated/α-hetero) is 1. The van der Waals surface area contributed by atoms with E-state index in [-0.39, 0.29) is 23.6 Å². The Bertz CT molecular complexity index is 1080. The maximum Gasteiger partial charge on any atom is 0.359 e. The second-order valence-corrected chi connectivity index (χ2v) is 8.18. The third-order valence-electron chi connectivity index (χ3n) is 4.63. The maximum absolute atomic E-state index is 12.7. The Kier molecular flexibility index (Phi) is 6.93. The summed E-state index contributed by atoms with van der Waals surface area (Å²) in [6.45, 7) is 4.11. The smallest absolute Gasteiger partial charge is 0.359 e. The molecule has 152 valence electrons. The van der Waals surface area contributed by atoms with E-state index in [1.165, 1.54) is 16.0 Å². The molecule has 0 amide bonds. The summed E-state index contributed by atoms with van der Waals surface area (Å²) in [5.74, 6) is -0.959. The van der Waals surface area contributed by atoms with Gasteiger partial charge in [-0.3, -0.25) is 9.59 Å². The SMILES string of the molecule is CCCCCCn1nc(C(=O)OCC(=O)c2ccc(C)s2)c2ccccc2c1=O. The Morgan fingerprint density at radius 1 is 1.07 bits per heavy atom. The summed E-state index contributed by atoms with van der Waals surface area (Å²) in [5, 5.41) is 5.13. The number of ketones is 1. The van der Waals surface area contributed by atoms with Gasteiger partial charge in [0.2, 0.25) is 5.78 Å². The summed E-state index contributed by atoms with van der Waals surface area (Å²) in [4.78, 5) is 39.2. The first-order chi connectivity index (χ1) is 14.0. The predicted molar refractivity (Wildman–Crippen MR) is 114 cm³/mol. The van der Waals surface area contributed by atoms with Crippen LogP contribution in [0.5, 0.6) is 0 Å². The summed E-state index contributed by atoms with van der Waals surface area (Å²) >= 11 is 1.36. The average Bonchev–Trinajstić information content (AvgIpc) is 3.17. The molecule has 3 rings (SSSR count). The average molecular weight is 413 g/mol. The van der Waals surface area contributed by atoms with Crippen LogP contribution in [0.1, 0.15) is 57.6 Å². The predicted octanol–water partition coefficient (Wildman–Crippen LogP) is 4.39. The van der Waals surface area contributed by atoms with Crippen molar-refractivity contribution in [2.24, 2.45) is 0 Å². The number of benzene rings is 1. The number of nitrogens with zero attached hydrogens (tertiary/aromatic N) is 2. The van der Waals surface area contributed by atoms with E-state index in [4.69, 9.17) is 4.74 Å². The fraction of sp³-hybridized carbons (Fsp3) is 0.364. The van der Waals surface area contributed by atoms with Crippen molar-refractivity contribution >= 4 is 33.9 Å². The molecule has 3 aromatic rings. The molecule has 0 fully saturated rings. The number of fused-ring (bicyclic) bond motifs is 1. The molecule has 29 heavy (non-hydrogen) atoms. The Morgan fingerprint density at radius 2 is 1.83 bits per heavy atom. The second-order valence-electron chi connectivity index (χ2n) is 6.89. The van der Waals surface area contributed by atoms with E-state index in [0.717, 1.165) is 30.6 Å². The number of hydrogen-bond acceptors (Lipinski definition) is 6. The molecule has 0 bridgehead atoms. The first kappa shape index (κ1) is 20.9. The molecule has 2 heterocycles. The number of aromatic nitrogens is 2. The van der Waals surface area contributed by atoms with Crippen LogP contribution in [0.3, 0.4) is 0 Å². The minimum atomic E-state index is -0.704. The van der Waals surface area contributed by atoms with Crippen LogP contribution in [-0.2, 0) is 11.3 Å². The lowest BCUT2D eigenvalue weighted by molar-refractivity contribution is 0.0469. The molecule has 0 radical (unpaired) electrons. The van der Waals surface area contributed by atoms with E-state index in [2.05, 4.69) is 12.0 Å². The molecule has 0 aliphatic carbocycles. The highest BCUT2D eigenvalue weighted by atomic mass is 32.1. The summed E-state index contributed by atoms with van der Waals surface area (Å²) in [7, 11) is 0. The molecular formula is C22H24N2O4S. The van der Waals surface area contributed by atoms with Crippen molar-refractivity contribution in [3.8, 4) is 0 Å². The number of unbranched alkanes of at least 4 members (excludes halogenated alkanes) is 3. The first-order valence-corrected chi connectivity index (χ1v) is 10.6. The van der Waals surface area contributed by atoms with E-state index in [1.54, 1.807) is 30.3 Å². The zero-order chi connectivity index (χ0) is 20.8. The van der Waals surface area contributed by atoms with E-state index < -0.39 is 5.97 Å². The number of ether oxygens (including phenoxy) is 1. The van der Waals surface area contributed by atoms with Gasteiger partial charge in [0.15, 0.2) is 12.3 Å². The molecule has 0 atom stereocenters. The second kappa shape index (κ2) is 9.60. The standard InChI is InChI=1S/C22H24N2O4S/c1-3-4-5-8-13-24-21(26)17-10-7-6-9-16(17)20(23-24)22(27)28-14-18(25)19-12-11-15(2)29-19/h6-7,9-12H,3-5,8,13-14H2,1-2H3. The van der Waals surface area contributed by atoms with Gasteiger partial charge in [-0.1, -0.05) is 44.4 Å². The van der Waals surface area contributed by atoms with E-state index in [1.807, 2.05) is 13.0 Å². The van der Waals surface area contributed by atoms with Gasteiger partial charge in [0.1, 0.15) is 0 Å². The van der Waals surface area contributed by atoms with Crippen LogP contribution in [0.4, 0.5) is 0 Å². The van der Waals surface area contributed by atoms with Crippen LogP contribution in [0.2, 0.25) is 0 Å². The summed E-state index contributed by atoms with van der Waals surface area (Å²) < 4.78 is 6.57. The number of aryl methyl sites for hydroxylation is 2. The molecule has 0 N–H and O–H groups in total. The van der Waals surface area contributed by atoms with Gasteiger partial charge in [-0.2, -0.15) is 5.10 Å². The third kappa shape index (κ3) is 4.98. The minimum Gasteiger partial charge on any atom is -0.452 e. The van der Waals surface area contributed by atoms with Gasteiger partial charge in [0.25, 0.3) is 5.56 Å². The fourth-order valence-electron chi connectivity index (χ4n) is 3.08. The molecular weight excluding hydrogens is 388 g/mol. The van der Waals surface area contributed by atoms with Gasteiger partial charge in [-0.15, -0.1) is 11.3 Å². The van der Waals surface area contributed by atoms with Gasteiger partial charge in [0.05, 0.1) is 10.3 Å². The largest absolute Gasteiger partial charge is 0.452 e. The van der Waals surface area contributed by atoms with Crippen LogP contribution < -0.4 is 5.56 Å². The minimum absolute atomic E-state index is 0.0610. The lowest BCUT2D eigenvalue weighted by atomic mass is 10.1. The fourth-order valence-corrected chi connectivity index (χ4v) is 3.87. The van der Waals surface area contributed by atoms with E-state index in [0.29, 0.717) is 22.2 Å². The molecule has 0 unspecified atom stereocenters. The molecule has 0 saturated carbocycles. The van der Waals surface area contributed by atoms with Gasteiger partial charge < -0.3 is 4.74 Å². The molecule has 0 aliphatic rings. The first-order valence-electron chi connectivity index (χ1n) is 9.78. The molecule has 0 spiro atoms. The van der Waals surface area contributed by atoms with Crippen molar-refractivity contribution in [1.29, 1.82) is 0 Å². The van der Waals surface area contributed by atoms with Crippen molar-refractivity contribution < 1.29 is 14.3 Å². The molecule has 1 aromatic carbocycles. The van der Waals surface area contributed by atoms with Crippen LogP contribution in [0.15, 0.2) is 41.2 Å². The van der Waals surface area contributed by atoms with Crippen molar-refractivity contribution in [3.05, 3.63) is 62.2 Å². The van der Waals surface area contributed by atoms with Gasteiger partial charge in [-0.05, 0) is 31.5 Å². The van der Waals surface area contributed by atoms with E-state index in [9.17, 15) is 14.4 Å². The number of carbonyl (C=O) groups excluding carboxylic acids is 2. The zero-order valence-electron chi connectivity index (χ0n) is 16.6. The van der Waals surface area contributed by atoms with Crippen molar-refractivity contribution in [2.45, 2.75) is 46.1 Å². The topological polar surface area (TPSA) is 78.3 Å². The van der Waals surface area contributed by atoms with Crippen LogP contribution in [-0.4, -0.2) is 28.1 Å². The number of thiophene rings is 1. The maximum atomic E-state index is 12.7. The summed E-state index contributed by atoms with van der Waals surface area (Å²) in [5.41, 5.74) is -0.162. The van der Waals surface area contributed by atoms with E-state index >= 15 is 0 Å². The van der Waals surface area contributed by atoms with Crippen LogP contribution >= 0.6 is 11.3 Å². The zero-order valence-corrected chi connectivity index (χ0v) is 17.5. The molecule has 7 heteroatoms. The highest BCUT2D eigenvalue weighted by molar-refractivity contribution is 7.14. The Labute approximate surface area is 173 Å². The third-order valence-corrected chi connectivity index (χ3v) is 5.68. The summed E-state index contributed by atoms with van der Waals surface area (Å²) in [6, 6.07) is 10.4. The van der Waals surface area contributed by atoms with Crippen molar-refractivity contribution in [3.63, 3.8) is 0 Å². The normalized spacial score (nSPS) is 11.0. The number of hydrogen-bond donors (Lipinski definition) is 0. The number of carbonyl (C=O) groups is 2. The number of rotatable bonds is 9. The van der Waals surface area contributed by atoms with Crippen molar-refractivity contribution in [1.82, 2.24) is 9.78 Å². The van der Waals surface area contributed by atoms with Gasteiger partial charge in [0, 0.05) is 16.8 Å². The Morgan fingerprint density at radius 3 is 2.52 bits per heavy atom. The highest BCUT2D eigenvalue weighted by Crippen LogP contribution is 2.17. The molecule has 0 saturated heterocycles. The quantitative estimate of drug-likeness (QED) is 0.296. The number of esters is 1. The monoisotopic (exact) mass is 412 g/mol. The van der Waals surface area contributed by atoms with Gasteiger partial charge >= 0.3 is 5.97 Å². The molecule has 2 aromatic heterocycles. The lowest BCUT2D eigenvalue weighted by Gasteiger charge is -2.10. The molecule has 0 aliphatic heterocycles. The molecule has 6 nitrogen and oxygen atoms in total. The lowest BCUT2D eigenvalue weighted by Crippen LogP contribution is -2.27. The summed E-state index contributed by atoms with van der Waals surface area (Å²) in [6.07, 6.45) is 3.98. The van der Waals surface area contributed by atoms with Crippen molar-refractivity contribution in [2.75, 3.05) is 6.61 Å². The van der Waals surface area contributed by atoms with Crippen LogP contribution in [0, 0.1) is 6.92 Å². The highest BCUT2D eigenvalue weighted by Gasteiger charge is 2.19. The van der Waals surface area contributed by atoms with Crippen LogP contribution in [0.25, 0.3) is 10.8 Å².